The van der Waals surface area contributed by atoms with Crippen molar-refractivity contribution in [2.75, 3.05) is 6.54 Å². The first kappa shape index (κ1) is 15.8. The van der Waals surface area contributed by atoms with E-state index in [0.717, 1.165) is 41.4 Å². The van der Waals surface area contributed by atoms with Crippen molar-refractivity contribution in [1.29, 1.82) is 0 Å². The zero-order chi connectivity index (χ0) is 13.5. The second-order valence-electron chi connectivity index (χ2n) is 5.04. The zero-order valence-corrected chi connectivity index (χ0v) is 13.0. The molecule has 102 valence electrons. The third-order valence-corrected chi connectivity index (χ3v) is 3.94. The van der Waals surface area contributed by atoms with Crippen LogP contribution >= 0.6 is 23.2 Å². The van der Waals surface area contributed by atoms with E-state index in [4.69, 9.17) is 23.2 Å². The van der Waals surface area contributed by atoms with E-state index in [1.165, 1.54) is 0 Å². The lowest BCUT2D eigenvalue weighted by atomic mass is 9.96. The van der Waals surface area contributed by atoms with E-state index in [0.29, 0.717) is 12.0 Å². The summed E-state index contributed by atoms with van der Waals surface area (Å²) in [6.07, 6.45) is 3.16. The SMILES string of the molecule is CCCNC(CCc1c(Cl)cccc1Cl)C(C)C. The predicted octanol–water partition coefficient (Wildman–Crippen LogP) is 4.95. The Balaban J connectivity index is 2.61. The highest BCUT2D eigenvalue weighted by Crippen LogP contribution is 2.26. The van der Waals surface area contributed by atoms with Gasteiger partial charge in [0, 0.05) is 16.1 Å². The Kier molecular flexibility index (Phi) is 7.06. The summed E-state index contributed by atoms with van der Waals surface area (Å²) >= 11 is 12.4. The summed E-state index contributed by atoms with van der Waals surface area (Å²) in [5.41, 5.74) is 1.07. The summed E-state index contributed by atoms with van der Waals surface area (Å²) in [5, 5.41) is 5.15. The van der Waals surface area contributed by atoms with Gasteiger partial charge in [0.15, 0.2) is 0 Å². The molecule has 0 saturated heterocycles. The van der Waals surface area contributed by atoms with Crippen LogP contribution in [0.1, 0.15) is 39.2 Å². The quantitative estimate of drug-likeness (QED) is 0.748. The molecular formula is C15H23Cl2N. The first-order valence-electron chi connectivity index (χ1n) is 6.72. The maximum atomic E-state index is 6.19. The maximum absolute atomic E-state index is 6.19. The van der Waals surface area contributed by atoms with E-state index in [1.807, 2.05) is 18.2 Å². The molecule has 1 aromatic carbocycles. The molecule has 3 heteroatoms. The fourth-order valence-corrected chi connectivity index (χ4v) is 2.66. The monoisotopic (exact) mass is 287 g/mol. The van der Waals surface area contributed by atoms with Gasteiger partial charge in [-0.3, -0.25) is 0 Å². The molecule has 18 heavy (non-hydrogen) atoms. The van der Waals surface area contributed by atoms with Gasteiger partial charge in [-0.05, 0) is 49.4 Å². The minimum absolute atomic E-state index is 0.525. The summed E-state index contributed by atoms with van der Waals surface area (Å²) < 4.78 is 0. The highest BCUT2D eigenvalue weighted by molar-refractivity contribution is 6.35. The van der Waals surface area contributed by atoms with E-state index in [-0.39, 0.29) is 0 Å². The van der Waals surface area contributed by atoms with Gasteiger partial charge in [0.05, 0.1) is 0 Å². The van der Waals surface area contributed by atoms with Crippen LogP contribution in [0, 0.1) is 5.92 Å². The molecule has 0 aromatic heterocycles. The van der Waals surface area contributed by atoms with Crippen LogP contribution < -0.4 is 5.32 Å². The molecule has 0 heterocycles. The Hall–Kier alpha value is -0.240. The molecule has 0 aliphatic carbocycles. The number of hydrogen-bond donors (Lipinski definition) is 1. The van der Waals surface area contributed by atoms with Crippen LogP contribution in [-0.2, 0) is 6.42 Å². The van der Waals surface area contributed by atoms with Crippen LogP contribution in [0.2, 0.25) is 10.0 Å². The highest BCUT2D eigenvalue weighted by atomic mass is 35.5. The minimum Gasteiger partial charge on any atom is -0.314 e. The van der Waals surface area contributed by atoms with E-state index < -0.39 is 0 Å². The second-order valence-corrected chi connectivity index (χ2v) is 5.86. The fraction of sp³-hybridized carbons (Fsp3) is 0.600. The van der Waals surface area contributed by atoms with Crippen molar-refractivity contribution in [2.24, 2.45) is 5.92 Å². The average Bonchev–Trinajstić information content (AvgIpc) is 2.31. The standard InChI is InChI=1S/C15H23Cl2N/c1-4-10-18-15(11(2)3)9-8-12-13(16)6-5-7-14(12)17/h5-7,11,15,18H,4,8-10H2,1-3H3. The van der Waals surface area contributed by atoms with Crippen LogP contribution in [0.25, 0.3) is 0 Å². The second kappa shape index (κ2) is 8.04. The number of rotatable bonds is 7. The van der Waals surface area contributed by atoms with Crippen molar-refractivity contribution in [3.63, 3.8) is 0 Å². The zero-order valence-electron chi connectivity index (χ0n) is 11.5. The van der Waals surface area contributed by atoms with Gasteiger partial charge in [0.25, 0.3) is 0 Å². The summed E-state index contributed by atoms with van der Waals surface area (Å²) in [6, 6.07) is 6.24. The molecule has 0 spiro atoms. The summed E-state index contributed by atoms with van der Waals surface area (Å²) in [5.74, 6) is 0.623. The normalized spacial score (nSPS) is 13.0. The van der Waals surface area contributed by atoms with Crippen LogP contribution in [0.4, 0.5) is 0 Å². The maximum Gasteiger partial charge on any atom is 0.0452 e. The number of halogens is 2. The molecule has 0 aliphatic heterocycles. The largest absolute Gasteiger partial charge is 0.314 e. The molecule has 1 rings (SSSR count). The third-order valence-electron chi connectivity index (χ3n) is 3.23. The molecule has 0 bridgehead atoms. The Bertz CT molecular complexity index is 343. The molecule has 1 nitrogen and oxygen atoms in total. The third kappa shape index (κ3) is 4.79. The van der Waals surface area contributed by atoms with Gasteiger partial charge in [-0.1, -0.05) is 50.0 Å². The van der Waals surface area contributed by atoms with Crippen molar-refractivity contribution in [2.45, 2.75) is 46.1 Å². The van der Waals surface area contributed by atoms with Gasteiger partial charge < -0.3 is 5.32 Å². The summed E-state index contributed by atoms with van der Waals surface area (Å²) in [4.78, 5) is 0. The lowest BCUT2D eigenvalue weighted by Gasteiger charge is -2.22. The lowest BCUT2D eigenvalue weighted by Crippen LogP contribution is -2.34. The van der Waals surface area contributed by atoms with Gasteiger partial charge in [-0.15, -0.1) is 0 Å². The first-order chi connectivity index (χ1) is 8.56. The molecule has 1 N–H and O–H groups in total. The topological polar surface area (TPSA) is 12.0 Å². The number of hydrogen-bond acceptors (Lipinski definition) is 1. The average molecular weight is 288 g/mol. The fourth-order valence-electron chi connectivity index (χ4n) is 2.07. The summed E-state index contributed by atoms with van der Waals surface area (Å²) in [7, 11) is 0. The van der Waals surface area contributed by atoms with Gasteiger partial charge in [0.2, 0.25) is 0 Å². The minimum atomic E-state index is 0.525. The van der Waals surface area contributed by atoms with E-state index in [1.54, 1.807) is 0 Å². The Morgan fingerprint density at radius 2 is 1.78 bits per heavy atom. The molecule has 1 aromatic rings. The molecule has 0 saturated carbocycles. The van der Waals surface area contributed by atoms with Crippen LogP contribution in [0.15, 0.2) is 18.2 Å². The Morgan fingerprint density at radius 1 is 1.17 bits per heavy atom. The molecular weight excluding hydrogens is 265 g/mol. The van der Waals surface area contributed by atoms with Crippen molar-refractivity contribution in [3.8, 4) is 0 Å². The van der Waals surface area contributed by atoms with Gasteiger partial charge in [-0.2, -0.15) is 0 Å². The van der Waals surface area contributed by atoms with Gasteiger partial charge in [0.1, 0.15) is 0 Å². The summed E-state index contributed by atoms with van der Waals surface area (Å²) in [6.45, 7) is 7.76. The van der Waals surface area contributed by atoms with Crippen LogP contribution in [0.3, 0.4) is 0 Å². The van der Waals surface area contributed by atoms with Crippen molar-refractivity contribution in [3.05, 3.63) is 33.8 Å². The Labute approximate surface area is 121 Å². The first-order valence-corrected chi connectivity index (χ1v) is 7.48. The molecule has 0 fully saturated rings. The lowest BCUT2D eigenvalue weighted by molar-refractivity contribution is 0.378. The number of benzene rings is 1. The number of nitrogens with one attached hydrogen (secondary N) is 1. The van der Waals surface area contributed by atoms with Gasteiger partial charge in [-0.25, -0.2) is 0 Å². The van der Waals surface area contributed by atoms with E-state index in [9.17, 15) is 0 Å². The van der Waals surface area contributed by atoms with E-state index >= 15 is 0 Å². The molecule has 0 radical (unpaired) electrons. The van der Waals surface area contributed by atoms with Crippen molar-refractivity contribution >= 4 is 23.2 Å². The Morgan fingerprint density at radius 3 is 2.28 bits per heavy atom. The van der Waals surface area contributed by atoms with E-state index in [2.05, 4.69) is 26.1 Å². The molecule has 0 aliphatic rings. The van der Waals surface area contributed by atoms with Crippen molar-refractivity contribution in [1.82, 2.24) is 5.32 Å². The predicted molar refractivity (Wildman–Crippen MR) is 81.7 cm³/mol. The molecule has 0 amide bonds. The molecule has 1 atom stereocenters. The van der Waals surface area contributed by atoms with Crippen LogP contribution in [0.5, 0.6) is 0 Å². The van der Waals surface area contributed by atoms with Crippen LogP contribution in [-0.4, -0.2) is 12.6 Å². The van der Waals surface area contributed by atoms with Gasteiger partial charge >= 0.3 is 0 Å². The van der Waals surface area contributed by atoms with Crippen molar-refractivity contribution < 1.29 is 0 Å². The highest BCUT2D eigenvalue weighted by Gasteiger charge is 2.14. The molecule has 1 unspecified atom stereocenters. The smallest absolute Gasteiger partial charge is 0.0452 e.